The number of carbonyl (C=O) groups excluding carboxylic acids is 1. The number of halogens is 3. The summed E-state index contributed by atoms with van der Waals surface area (Å²) < 4.78 is 43.8. The number of furan rings is 1. The van der Waals surface area contributed by atoms with Crippen LogP contribution in [0.4, 0.5) is 13.2 Å². The average Bonchev–Trinajstić information content (AvgIpc) is 3.19. The van der Waals surface area contributed by atoms with Gasteiger partial charge in [0.2, 0.25) is 5.91 Å². The molecule has 1 saturated heterocycles. The van der Waals surface area contributed by atoms with Crippen LogP contribution in [0.5, 0.6) is 0 Å². The molecule has 0 unspecified atom stereocenters. The van der Waals surface area contributed by atoms with Crippen molar-refractivity contribution in [2.24, 2.45) is 0 Å². The van der Waals surface area contributed by atoms with Crippen molar-refractivity contribution in [3.8, 4) is 0 Å². The van der Waals surface area contributed by atoms with Crippen LogP contribution in [0.1, 0.15) is 11.5 Å². The van der Waals surface area contributed by atoms with E-state index in [0.717, 1.165) is 16.5 Å². The molecule has 0 radical (unpaired) electrons. The molecule has 1 aliphatic heterocycles. The average molecular weight is 342 g/mol. The topological polar surface area (TPSA) is 54.5 Å². The van der Waals surface area contributed by atoms with E-state index in [4.69, 9.17) is 4.42 Å². The molecule has 0 atom stereocenters. The van der Waals surface area contributed by atoms with Gasteiger partial charge in [0, 0.05) is 32.4 Å². The number of nitrogens with zero attached hydrogens (tertiary/aromatic N) is 4. The van der Waals surface area contributed by atoms with Gasteiger partial charge in [-0.05, 0) is 18.2 Å². The van der Waals surface area contributed by atoms with Crippen LogP contribution < -0.4 is 0 Å². The van der Waals surface area contributed by atoms with Crippen LogP contribution in [0.3, 0.4) is 0 Å². The van der Waals surface area contributed by atoms with Crippen molar-refractivity contribution in [2.45, 2.75) is 19.3 Å². The van der Waals surface area contributed by atoms with E-state index in [0.29, 0.717) is 32.7 Å². The van der Waals surface area contributed by atoms with Gasteiger partial charge in [0.25, 0.3) is 0 Å². The van der Waals surface area contributed by atoms with Gasteiger partial charge in [-0.15, -0.1) is 0 Å². The highest BCUT2D eigenvalue weighted by Crippen LogP contribution is 2.27. The minimum atomic E-state index is -4.49. The molecule has 3 rings (SSSR count). The summed E-state index contributed by atoms with van der Waals surface area (Å²) in [6, 6.07) is 4.59. The number of alkyl halides is 3. The molecule has 1 aliphatic rings. The molecule has 1 fully saturated rings. The minimum absolute atomic E-state index is 0.186. The Balaban J connectivity index is 1.49. The van der Waals surface area contributed by atoms with Gasteiger partial charge in [0.1, 0.15) is 12.3 Å². The molecule has 1 amide bonds. The van der Waals surface area contributed by atoms with E-state index in [1.54, 1.807) is 11.2 Å². The second-order valence-corrected chi connectivity index (χ2v) is 5.63. The number of amides is 1. The predicted molar refractivity (Wildman–Crippen MR) is 77.8 cm³/mol. The highest BCUT2D eigenvalue weighted by atomic mass is 19.4. The van der Waals surface area contributed by atoms with Gasteiger partial charge in [-0.1, -0.05) is 0 Å². The summed E-state index contributed by atoms with van der Waals surface area (Å²) in [4.78, 5) is 16.0. The summed E-state index contributed by atoms with van der Waals surface area (Å²) in [6.45, 7) is 2.95. The van der Waals surface area contributed by atoms with Gasteiger partial charge in [-0.25, -0.2) is 0 Å². The smallest absolute Gasteiger partial charge is 0.435 e. The lowest BCUT2D eigenvalue weighted by atomic mass is 10.3. The van der Waals surface area contributed by atoms with E-state index in [-0.39, 0.29) is 12.5 Å². The zero-order chi connectivity index (χ0) is 17.2. The second kappa shape index (κ2) is 6.68. The van der Waals surface area contributed by atoms with Crippen molar-refractivity contribution in [2.75, 3.05) is 26.2 Å². The van der Waals surface area contributed by atoms with Crippen molar-refractivity contribution in [3.63, 3.8) is 0 Å². The zero-order valence-electron chi connectivity index (χ0n) is 12.9. The maximum Gasteiger partial charge on any atom is 0.435 e. The molecule has 2 aromatic rings. The zero-order valence-corrected chi connectivity index (χ0v) is 12.9. The van der Waals surface area contributed by atoms with Gasteiger partial charge in [-0.3, -0.25) is 14.4 Å². The van der Waals surface area contributed by atoms with Gasteiger partial charge < -0.3 is 9.32 Å². The van der Waals surface area contributed by atoms with Crippen molar-refractivity contribution >= 4 is 5.91 Å². The Labute approximate surface area is 136 Å². The summed E-state index contributed by atoms with van der Waals surface area (Å²) in [5.74, 6) is 0.635. The number of piperazine rings is 1. The number of aromatic nitrogens is 2. The molecule has 6 nitrogen and oxygen atoms in total. The summed E-state index contributed by atoms with van der Waals surface area (Å²) in [5, 5.41) is 3.40. The molecule has 0 saturated carbocycles. The van der Waals surface area contributed by atoms with Gasteiger partial charge in [0.15, 0.2) is 5.69 Å². The molecule has 0 N–H and O–H groups in total. The van der Waals surface area contributed by atoms with Crippen LogP contribution in [0.15, 0.2) is 35.1 Å². The predicted octanol–water partition coefficient (Wildman–Crippen LogP) is 1.84. The second-order valence-electron chi connectivity index (χ2n) is 5.63. The maximum atomic E-state index is 12.5. The van der Waals surface area contributed by atoms with Crippen molar-refractivity contribution in [1.82, 2.24) is 19.6 Å². The number of carbonyl (C=O) groups is 1. The monoisotopic (exact) mass is 342 g/mol. The normalized spacial score (nSPS) is 16.5. The Bertz CT molecular complexity index is 673. The molecule has 0 aliphatic carbocycles. The van der Waals surface area contributed by atoms with Crippen molar-refractivity contribution < 1.29 is 22.4 Å². The third-order valence-corrected chi connectivity index (χ3v) is 3.91. The van der Waals surface area contributed by atoms with E-state index >= 15 is 0 Å². The molecular weight excluding hydrogens is 325 g/mol. The molecule has 3 heterocycles. The lowest BCUT2D eigenvalue weighted by Crippen LogP contribution is -2.49. The van der Waals surface area contributed by atoms with Gasteiger partial charge in [0.05, 0.1) is 12.8 Å². The van der Waals surface area contributed by atoms with Crippen molar-refractivity contribution in [1.29, 1.82) is 0 Å². The van der Waals surface area contributed by atoms with Gasteiger partial charge >= 0.3 is 6.18 Å². The Morgan fingerprint density at radius 2 is 1.96 bits per heavy atom. The van der Waals surface area contributed by atoms with E-state index in [1.807, 2.05) is 12.1 Å². The molecule has 0 spiro atoms. The molecule has 0 bridgehead atoms. The summed E-state index contributed by atoms with van der Waals surface area (Å²) in [5.41, 5.74) is -0.987. The fourth-order valence-electron chi connectivity index (χ4n) is 2.62. The largest absolute Gasteiger partial charge is 0.468 e. The summed E-state index contributed by atoms with van der Waals surface area (Å²) in [6.07, 6.45) is -1.70. The quantitative estimate of drug-likeness (QED) is 0.851. The molecule has 2 aromatic heterocycles. The fourth-order valence-corrected chi connectivity index (χ4v) is 2.62. The molecule has 130 valence electrons. The molecular formula is C15H17F3N4O2. The van der Waals surface area contributed by atoms with Crippen LogP contribution in [-0.2, 0) is 24.1 Å². The number of hydrogen-bond acceptors (Lipinski definition) is 4. The summed E-state index contributed by atoms with van der Waals surface area (Å²) in [7, 11) is 0. The first-order valence-electron chi connectivity index (χ1n) is 7.55. The molecule has 0 aromatic carbocycles. The number of rotatable bonds is 4. The molecule has 24 heavy (non-hydrogen) atoms. The number of hydrogen-bond donors (Lipinski definition) is 0. The molecule has 9 heteroatoms. The Morgan fingerprint density at radius 1 is 1.21 bits per heavy atom. The van der Waals surface area contributed by atoms with Gasteiger partial charge in [-0.2, -0.15) is 18.3 Å². The van der Waals surface area contributed by atoms with Crippen LogP contribution in [0, 0.1) is 0 Å². The third kappa shape index (κ3) is 3.97. The first-order valence-corrected chi connectivity index (χ1v) is 7.55. The van der Waals surface area contributed by atoms with Crippen LogP contribution in [0.2, 0.25) is 0 Å². The lowest BCUT2D eigenvalue weighted by Gasteiger charge is -2.34. The Morgan fingerprint density at radius 3 is 2.54 bits per heavy atom. The third-order valence-electron chi connectivity index (χ3n) is 3.91. The highest BCUT2D eigenvalue weighted by molar-refractivity contribution is 5.76. The standard InChI is InChI=1S/C15H17F3N4O2/c16-15(17,18)13-3-4-22(19-13)11-14(23)21-7-5-20(6-8-21)10-12-2-1-9-24-12/h1-4,9H,5-8,10-11H2. The van der Waals surface area contributed by atoms with Crippen LogP contribution >= 0.6 is 0 Å². The SMILES string of the molecule is O=C(Cn1ccc(C(F)(F)F)n1)N1CCN(Cc2ccco2)CC1. The van der Waals surface area contributed by atoms with Crippen LogP contribution in [0.25, 0.3) is 0 Å². The van der Waals surface area contributed by atoms with E-state index in [2.05, 4.69) is 10.00 Å². The Hall–Kier alpha value is -2.29. The van der Waals surface area contributed by atoms with Crippen LogP contribution in [-0.4, -0.2) is 51.7 Å². The maximum absolute atomic E-state index is 12.5. The van der Waals surface area contributed by atoms with E-state index < -0.39 is 11.9 Å². The highest BCUT2D eigenvalue weighted by Gasteiger charge is 2.33. The van der Waals surface area contributed by atoms with E-state index in [1.165, 1.54) is 6.20 Å². The minimum Gasteiger partial charge on any atom is -0.468 e. The fraction of sp³-hybridized carbons (Fsp3) is 0.467. The van der Waals surface area contributed by atoms with Crippen molar-refractivity contribution in [3.05, 3.63) is 42.1 Å². The first kappa shape index (κ1) is 16.6. The Kier molecular flexibility index (Phi) is 4.61. The van der Waals surface area contributed by atoms with E-state index in [9.17, 15) is 18.0 Å². The lowest BCUT2D eigenvalue weighted by molar-refractivity contribution is -0.142. The first-order chi connectivity index (χ1) is 11.4. The summed E-state index contributed by atoms with van der Waals surface area (Å²) >= 11 is 0.